The predicted octanol–water partition coefficient (Wildman–Crippen LogP) is 2.10. The molecule has 0 saturated carbocycles. The average Bonchev–Trinajstić information content (AvgIpc) is 2.38. The summed E-state index contributed by atoms with van der Waals surface area (Å²) in [6.45, 7) is -1.75. The number of ether oxygens (including phenoxy) is 1. The summed E-state index contributed by atoms with van der Waals surface area (Å²) in [4.78, 5) is 22.3. The number of carboxylic acids is 1. The lowest BCUT2D eigenvalue weighted by molar-refractivity contribution is -0.385. The molecule has 0 bridgehead atoms. The van der Waals surface area contributed by atoms with Crippen LogP contribution >= 0.6 is 0 Å². The highest BCUT2D eigenvalue weighted by Gasteiger charge is 2.21. The Labute approximate surface area is 118 Å². The smallest absolute Gasteiger partial charge is 0.387 e. The van der Waals surface area contributed by atoms with Gasteiger partial charge in [-0.25, -0.2) is 0 Å². The van der Waals surface area contributed by atoms with Crippen LogP contribution in [0.4, 0.5) is 14.5 Å². The Balaban J connectivity index is 3.07. The monoisotopic (exact) mass is 304 g/mol. The van der Waals surface area contributed by atoms with Crippen LogP contribution in [0, 0.1) is 10.1 Å². The number of likely N-dealkylation sites (N-methyl/N-ethyl adjacent to an activating group) is 1. The van der Waals surface area contributed by atoms with Crippen LogP contribution in [0.3, 0.4) is 0 Å². The number of aliphatic carboxylic acids is 1. The molecule has 0 heterocycles. The van der Waals surface area contributed by atoms with Crippen LogP contribution in [0.5, 0.6) is 5.75 Å². The topological polar surface area (TPSA) is 92.9 Å². The number of halogens is 2. The molecule has 1 rings (SSSR count). The van der Waals surface area contributed by atoms with Crippen molar-refractivity contribution in [2.45, 2.75) is 26.1 Å². The van der Waals surface area contributed by atoms with Crippen molar-refractivity contribution in [3.05, 3.63) is 33.9 Å². The van der Waals surface area contributed by atoms with Gasteiger partial charge in [-0.05, 0) is 20.0 Å². The number of alkyl halides is 2. The van der Waals surface area contributed by atoms with E-state index in [-0.39, 0.29) is 23.5 Å². The molecule has 0 saturated heterocycles. The largest absolute Gasteiger partial charge is 0.480 e. The fraction of sp³-hybridized carbons (Fsp3) is 0.417. The first-order chi connectivity index (χ1) is 9.72. The molecular formula is C12H14F2N2O5. The van der Waals surface area contributed by atoms with Gasteiger partial charge in [0.25, 0.3) is 5.69 Å². The molecule has 0 fully saturated rings. The van der Waals surface area contributed by atoms with Crippen molar-refractivity contribution in [2.75, 3.05) is 7.05 Å². The number of hydrogen-bond donors (Lipinski definition) is 1. The zero-order chi connectivity index (χ0) is 16.2. The lowest BCUT2D eigenvalue weighted by Gasteiger charge is -2.22. The van der Waals surface area contributed by atoms with Crippen LogP contribution in [0.1, 0.15) is 12.5 Å². The highest BCUT2D eigenvalue weighted by atomic mass is 19.3. The molecule has 21 heavy (non-hydrogen) atoms. The quantitative estimate of drug-likeness (QED) is 0.612. The maximum absolute atomic E-state index is 12.3. The number of non-ortho nitro benzene ring substituents is 1. The SMILES string of the molecule is CC(C(=O)O)N(C)Cc1cc([N+](=O)[O-])ccc1OC(F)F. The Kier molecular flexibility index (Phi) is 5.53. The number of carboxylic acid groups (broad SMARTS) is 1. The summed E-state index contributed by atoms with van der Waals surface area (Å²) in [5.74, 6) is -1.32. The van der Waals surface area contributed by atoms with Gasteiger partial charge >= 0.3 is 12.6 Å². The lowest BCUT2D eigenvalue weighted by atomic mass is 10.1. The van der Waals surface area contributed by atoms with E-state index < -0.39 is 23.5 Å². The highest BCUT2D eigenvalue weighted by molar-refractivity contribution is 5.72. The zero-order valence-electron chi connectivity index (χ0n) is 11.3. The molecule has 0 radical (unpaired) electrons. The molecule has 1 aromatic carbocycles. The molecule has 7 nitrogen and oxygen atoms in total. The molecule has 9 heteroatoms. The van der Waals surface area contributed by atoms with Crippen molar-refractivity contribution in [1.82, 2.24) is 4.90 Å². The van der Waals surface area contributed by atoms with Crippen LogP contribution in [-0.4, -0.2) is 40.6 Å². The Morgan fingerprint density at radius 1 is 1.52 bits per heavy atom. The van der Waals surface area contributed by atoms with Gasteiger partial charge in [-0.3, -0.25) is 19.8 Å². The molecule has 1 N–H and O–H groups in total. The third kappa shape index (κ3) is 4.63. The van der Waals surface area contributed by atoms with Crippen LogP contribution in [0.2, 0.25) is 0 Å². The first-order valence-corrected chi connectivity index (χ1v) is 5.87. The van der Waals surface area contributed by atoms with Crippen molar-refractivity contribution < 1.29 is 28.3 Å². The number of rotatable bonds is 7. The maximum atomic E-state index is 12.3. The van der Waals surface area contributed by atoms with Gasteiger partial charge in [0.1, 0.15) is 11.8 Å². The number of benzene rings is 1. The number of nitro groups is 1. The molecule has 1 aromatic rings. The normalized spacial score (nSPS) is 12.5. The molecule has 1 unspecified atom stereocenters. The fourth-order valence-corrected chi connectivity index (χ4v) is 1.61. The Morgan fingerprint density at radius 3 is 2.62 bits per heavy atom. The molecule has 116 valence electrons. The Morgan fingerprint density at radius 2 is 2.14 bits per heavy atom. The third-order valence-electron chi connectivity index (χ3n) is 2.91. The van der Waals surface area contributed by atoms with Gasteiger partial charge in [0.05, 0.1) is 4.92 Å². The van der Waals surface area contributed by atoms with Gasteiger partial charge in [-0.1, -0.05) is 0 Å². The van der Waals surface area contributed by atoms with E-state index >= 15 is 0 Å². The van der Waals surface area contributed by atoms with E-state index in [4.69, 9.17) is 5.11 Å². The molecule has 0 aromatic heterocycles. The van der Waals surface area contributed by atoms with Crippen LogP contribution in [-0.2, 0) is 11.3 Å². The maximum Gasteiger partial charge on any atom is 0.387 e. The van der Waals surface area contributed by atoms with Crippen LogP contribution in [0.25, 0.3) is 0 Å². The molecule has 0 spiro atoms. The van der Waals surface area contributed by atoms with E-state index in [0.717, 1.165) is 18.2 Å². The minimum Gasteiger partial charge on any atom is -0.480 e. The number of nitro benzene ring substituents is 1. The van der Waals surface area contributed by atoms with Gasteiger partial charge < -0.3 is 9.84 Å². The molecule has 1 atom stereocenters. The van der Waals surface area contributed by atoms with E-state index in [2.05, 4.69) is 4.74 Å². The van der Waals surface area contributed by atoms with Gasteiger partial charge in [0.15, 0.2) is 0 Å². The second-order valence-electron chi connectivity index (χ2n) is 4.36. The molecule has 0 aliphatic rings. The zero-order valence-corrected chi connectivity index (χ0v) is 11.3. The van der Waals surface area contributed by atoms with Crippen molar-refractivity contribution in [3.8, 4) is 5.75 Å². The Hall–Kier alpha value is -2.29. The summed E-state index contributed by atoms with van der Waals surface area (Å²) >= 11 is 0. The van der Waals surface area contributed by atoms with E-state index in [1.165, 1.54) is 18.9 Å². The minimum atomic E-state index is -3.08. The van der Waals surface area contributed by atoms with Crippen LogP contribution in [0.15, 0.2) is 18.2 Å². The van der Waals surface area contributed by atoms with Gasteiger partial charge in [0.2, 0.25) is 0 Å². The number of hydrogen-bond acceptors (Lipinski definition) is 5. The van der Waals surface area contributed by atoms with Gasteiger partial charge in [-0.2, -0.15) is 8.78 Å². The van der Waals surface area contributed by atoms with Crippen molar-refractivity contribution in [2.24, 2.45) is 0 Å². The number of carbonyl (C=O) groups is 1. The van der Waals surface area contributed by atoms with E-state index in [0.29, 0.717) is 0 Å². The molecule has 0 aliphatic carbocycles. The molecule has 0 amide bonds. The van der Waals surface area contributed by atoms with Crippen LogP contribution < -0.4 is 4.74 Å². The first kappa shape index (κ1) is 16.8. The van der Waals surface area contributed by atoms with Crippen molar-refractivity contribution >= 4 is 11.7 Å². The fourth-order valence-electron chi connectivity index (χ4n) is 1.61. The molecular weight excluding hydrogens is 290 g/mol. The predicted molar refractivity (Wildman–Crippen MR) is 68.3 cm³/mol. The number of nitrogens with zero attached hydrogens (tertiary/aromatic N) is 2. The summed E-state index contributed by atoms with van der Waals surface area (Å²) in [5.41, 5.74) is -0.178. The summed E-state index contributed by atoms with van der Waals surface area (Å²) < 4.78 is 28.9. The summed E-state index contributed by atoms with van der Waals surface area (Å²) in [6, 6.07) is 2.31. The standard InChI is InChI=1S/C12H14F2N2O5/c1-7(11(17)18)15(2)6-8-5-9(16(19)20)3-4-10(8)21-12(13)14/h3-5,7,12H,6H2,1-2H3,(H,17,18). The first-order valence-electron chi connectivity index (χ1n) is 5.87. The Bertz CT molecular complexity index is 538. The van der Waals surface area contributed by atoms with Gasteiger partial charge in [-0.15, -0.1) is 0 Å². The minimum absolute atomic E-state index is 0.0861. The average molecular weight is 304 g/mol. The van der Waals surface area contributed by atoms with E-state index in [9.17, 15) is 23.7 Å². The molecule has 0 aliphatic heterocycles. The van der Waals surface area contributed by atoms with Crippen molar-refractivity contribution in [3.63, 3.8) is 0 Å². The summed E-state index contributed by atoms with van der Waals surface area (Å²) in [7, 11) is 1.46. The summed E-state index contributed by atoms with van der Waals surface area (Å²) in [6.07, 6.45) is 0. The highest BCUT2D eigenvalue weighted by Crippen LogP contribution is 2.27. The lowest BCUT2D eigenvalue weighted by Crippen LogP contribution is -2.35. The third-order valence-corrected chi connectivity index (χ3v) is 2.91. The van der Waals surface area contributed by atoms with E-state index in [1.54, 1.807) is 0 Å². The summed E-state index contributed by atoms with van der Waals surface area (Å²) in [5, 5.41) is 19.6. The van der Waals surface area contributed by atoms with Crippen molar-refractivity contribution in [1.29, 1.82) is 0 Å². The van der Waals surface area contributed by atoms with Gasteiger partial charge in [0, 0.05) is 24.2 Å². The second kappa shape index (κ2) is 6.93. The van der Waals surface area contributed by atoms with E-state index in [1.807, 2.05) is 0 Å². The second-order valence-corrected chi connectivity index (χ2v) is 4.36.